The zero-order valence-corrected chi connectivity index (χ0v) is 27.3. The van der Waals surface area contributed by atoms with Gasteiger partial charge in [0.2, 0.25) is 0 Å². The molecule has 1 atom stereocenters. The normalized spacial score (nSPS) is 16.8. The second kappa shape index (κ2) is 14.6. The molecule has 3 aromatic rings. The predicted octanol–water partition coefficient (Wildman–Crippen LogP) is 4.69. The summed E-state index contributed by atoms with van der Waals surface area (Å²) in [5, 5.41) is 20.9. The first kappa shape index (κ1) is 35.8. The molecule has 262 valence electrons. The number of aromatic nitrogens is 1. The number of hydrogen-bond acceptors (Lipinski definition) is 8. The summed E-state index contributed by atoms with van der Waals surface area (Å²) in [7, 11) is 2.11. The van der Waals surface area contributed by atoms with E-state index in [1.807, 2.05) is 11.0 Å². The molecule has 0 spiro atoms. The van der Waals surface area contributed by atoms with Crippen LogP contribution in [0, 0.1) is 12.7 Å². The second-order valence-electron chi connectivity index (χ2n) is 12.1. The summed E-state index contributed by atoms with van der Waals surface area (Å²) in [4.78, 5) is 46.9. The van der Waals surface area contributed by atoms with Crippen LogP contribution in [0.3, 0.4) is 0 Å². The van der Waals surface area contributed by atoms with E-state index in [0.717, 1.165) is 37.1 Å². The van der Waals surface area contributed by atoms with E-state index in [9.17, 15) is 32.3 Å². The third-order valence-electron chi connectivity index (χ3n) is 8.56. The zero-order chi connectivity index (χ0) is 35.6. The Kier molecular flexibility index (Phi) is 10.6. The Hall–Kier alpha value is -4.47. The van der Waals surface area contributed by atoms with Crippen LogP contribution in [0.5, 0.6) is 5.75 Å². The number of nitrogens with zero attached hydrogens (tertiary/aromatic N) is 3. The van der Waals surface area contributed by atoms with E-state index >= 15 is 0 Å². The number of aliphatic hydroxyl groups is 1. The Morgan fingerprint density at radius 3 is 2.55 bits per heavy atom. The number of carbonyl (C=O) groups is 2. The molecule has 4 heterocycles. The number of aryl methyl sites for hydroxylation is 1. The minimum atomic E-state index is -5.08. The van der Waals surface area contributed by atoms with Crippen LogP contribution in [0.1, 0.15) is 45.5 Å². The molecule has 11 nitrogen and oxygen atoms in total. The highest BCUT2D eigenvalue weighted by molar-refractivity contribution is 6.32. The van der Waals surface area contributed by atoms with E-state index in [1.54, 1.807) is 19.1 Å². The number of aliphatic hydroxyl groups excluding tert-OH is 1. The SMILES string of the molecule is Cc1ccc(F)c(OC[C@H](O)CNc2cc[nH]c(=O)c2C2=Nc3cc4c(cc3C2)CN(C2CCN(C)CC2)C4=O)c1Cl.O=C(O)C(F)(F)F. The number of fused-ring (bicyclic) bond motifs is 2. The van der Waals surface area contributed by atoms with Gasteiger partial charge in [0.15, 0.2) is 11.6 Å². The fourth-order valence-electron chi connectivity index (χ4n) is 5.92. The maximum atomic E-state index is 14.1. The van der Waals surface area contributed by atoms with Gasteiger partial charge in [-0.15, -0.1) is 0 Å². The summed E-state index contributed by atoms with van der Waals surface area (Å²) in [5.41, 5.74) is 5.16. The first-order valence-corrected chi connectivity index (χ1v) is 15.8. The highest BCUT2D eigenvalue weighted by Gasteiger charge is 2.38. The Bertz CT molecular complexity index is 1840. The molecule has 1 amide bonds. The maximum Gasteiger partial charge on any atom is 0.490 e. The van der Waals surface area contributed by atoms with Crippen LogP contribution in [-0.2, 0) is 17.8 Å². The number of piperidine rings is 1. The Labute approximate surface area is 283 Å². The number of hydrogen-bond donors (Lipinski definition) is 4. The smallest absolute Gasteiger partial charge is 0.486 e. The number of aliphatic imine (C=N–C) groups is 1. The van der Waals surface area contributed by atoms with Crippen molar-refractivity contribution < 1.29 is 42.1 Å². The summed E-state index contributed by atoms with van der Waals surface area (Å²) in [6.07, 6.45) is -2.18. The van der Waals surface area contributed by atoms with Gasteiger partial charge in [-0.2, -0.15) is 13.2 Å². The van der Waals surface area contributed by atoms with Crippen molar-refractivity contribution in [2.75, 3.05) is 38.6 Å². The quantitative estimate of drug-likeness (QED) is 0.247. The Balaban J connectivity index is 0.000000606. The third kappa shape index (κ3) is 8.06. The van der Waals surface area contributed by atoms with Crippen LogP contribution >= 0.6 is 11.6 Å². The van der Waals surface area contributed by atoms with Crippen LogP contribution in [0.2, 0.25) is 5.02 Å². The van der Waals surface area contributed by atoms with E-state index in [1.165, 1.54) is 12.3 Å². The highest BCUT2D eigenvalue weighted by Crippen LogP contribution is 2.37. The van der Waals surface area contributed by atoms with Gasteiger partial charge in [0.25, 0.3) is 11.5 Å². The predicted molar refractivity (Wildman–Crippen MR) is 174 cm³/mol. The number of carboxylic acids is 1. The molecule has 0 radical (unpaired) electrons. The molecule has 3 aliphatic rings. The lowest BCUT2D eigenvalue weighted by atomic mass is 10.00. The molecule has 6 rings (SSSR count). The molecule has 49 heavy (non-hydrogen) atoms. The lowest BCUT2D eigenvalue weighted by Gasteiger charge is -2.34. The van der Waals surface area contributed by atoms with Crippen molar-refractivity contribution >= 4 is 40.6 Å². The molecule has 1 saturated heterocycles. The molecule has 3 aliphatic heterocycles. The number of likely N-dealkylation sites (tertiary alicyclic amines) is 1. The minimum absolute atomic E-state index is 0.0390. The molecular formula is C33H34ClF4N5O6. The van der Waals surface area contributed by atoms with E-state index < -0.39 is 24.1 Å². The lowest BCUT2D eigenvalue weighted by Crippen LogP contribution is -2.43. The number of benzene rings is 2. The van der Waals surface area contributed by atoms with E-state index in [0.29, 0.717) is 46.7 Å². The summed E-state index contributed by atoms with van der Waals surface area (Å²) in [6, 6.07) is 8.68. The van der Waals surface area contributed by atoms with Crippen LogP contribution in [0.15, 0.2) is 46.3 Å². The first-order chi connectivity index (χ1) is 23.1. The van der Waals surface area contributed by atoms with Crippen molar-refractivity contribution in [1.29, 1.82) is 0 Å². The average Bonchev–Trinajstić information content (AvgIpc) is 3.60. The van der Waals surface area contributed by atoms with Crippen molar-refractivity contribution in [3.05, 3.63) is 85.5 Å². The van der Waals surface area contributed by atoms with E-state index in [-0.39, 0.29) is 41.4 Å². The lowest BCUT2D eigenvalue weighted by molar-refractivity contribution is -0.192. The Morgan fingerprint density at radius 1 is 1.18 bits per heavy atom. The zero-order valence-electron chi connectivity index (χ0n) is 26.5. The highest BCUT2D eigenvalue weighted by atomic mass is 35.5. The van der Waals surface area contributed by atoms with Crippen LogP contribution in [-0.4, -0.2) is 94.2 Å². The van der Waals surface area contributed by atoms with Gasteiger partial charge in [-0.25, -0.2) is 9.18 Å². The molecule has 1 fully saturated rings. The summed E-state index contributed by atoms with van der Waals surface area (Å²) >= 11 is 6.16. The maximum absolute atomic E-state index is 14.1. The van der Waals surface area contributed by atoms with Crippen LogP contribution < -0.4 is 15.6 Å². The molecule has 4 N–H and O–H groups in total. The fourth-order valence-corrected chi connectivity index (χ4v) is 6.13. The van der Waals surface area contributed by atoms with Gasteiger partial charge in [-0.1, -0.05) is 23.7 Å². The van der Waals surface area contributed by atoms with Gasteiger partial charge in [-0.3, -0.25) is 14.6 Å². The number of carboxylic acid groups (broad SMARTS) is 1. The third-order valence-corrected chi connectivity index (χ3v) is 9.03. The van der Waals surface area contributed by atoms with Gasteiger partial charge in [-0.05, 0) is 74.8 Å². The summed E-state index contributed by atoms with van der Waals surface area (Å²) in [5.74, 6) is -3.42. The molecule has 2 aromatic carbocycles. The van der Waals surface area contributed by atoms with Gasteiger partial charge in [0, 0.05) is 37.3 Å². The van der Waals surface area contributed by atoms with Gasteiger partial charge < -0.3 is 35.1 Å². The molecule has 16 heteroatoms. The van der Waals surface area contributed by atoms with E-state index in [2.05, 4.69) is 28.3 Å². The van der Waals surface area contributed by atoms with Crippen molar-refractivity contribution in [2.45, 2.75) is 51.1 Å². The number of alkyl halides is 3. The van der Waals surface area contributed by atoms with Crippen molar-refractivity contribution in [3.63, 3.8) is 0 Å². The number of ether oxygens (including phenoxy) is 1. The number of anilines is 1. The second-order valence-corrected chi connectivity index (χ2v) is 12.5. The monoisotopic (exact) mass is 707 g/mol. The van der Waals surface area contributed by atoms with E-state index in [4.69, 9.17) is 31.2 Å². The molecule has 1 aromatic heterocycles. The number of aromatic amines is 1. The molecule has 0 unspecified atom stereocenters. The average molecular weight is 708 g/mol. The topological polar surface area (TPSA) is 148 Å². The van der Waals surface area contributed by atoms with Crippen molar-refractivity contribution in [2.24, 2.45) is 4.99 Å². The number of halogens is 5. The molecular weight excluding hydrogens is 674 g/mol. The first-order valence-electron chi connectivity index (χ1n) is 15.4. The number of carbonyl (C=O) groups excluding carboxylic acids is 1. The number of rotatable bonds is 8. The molecule has 0 aliphatic carbocycles. The van der Waals surface area contributed by atoms with Crippen molar-refractivity contribution in [1.82, 2.24) is 14.8 Å². The number of H-pyrrole nitrogens is 1. The fraction of sp³-hybridized carbons (Fsp3) is 0.394. The van der Waals surface area contributed by atoms with Crippen LogP contribution in [0.25, 0.3) is 0 Å². The van der Waals surface area contributed by atoms with Crippen LogP contribution in [0.4, 0.5) is 28.9 Å². The van der Waals surface area contributed by atoms with Crippen molar-refractivity contribution in [3.8, 4) is 5.75 Å². The molecule has 0 bridgehead atoms. The van der Waals surface area contributed by atoms with Gasteiger partial charge >= 0.3 is 12.1 Å². The van der Waals surface area contributed by atoms with Gasteiger partial charge in [0.05, 0.1) is 27.7 Å². The summed E-state index contributed by atoms with van der Waals surface area (Å²) < 4.78 is 51.4. The standard InChI is InChI=1S/C31H33ClFN5O4.C2HF3O2/c1-17-3-4-23(33)29(28(17)32)42-16-21(39)14-35-24-5-8-34-30(40)27(24)26-12-18-11-19-15-38(20-6-9-37(2)10-7-20)31(41)22(19)13-25(18)36-26;3-2(4,5)1(6)7/h3-5,8,11,13,20-21,39H,6-7,9-10,12,14-16H2,1-2H3,(H2,34,35,40);(H,6,7)/t21-;/m1./s1. The number of aliphatic carboxylic acids is 1. The largest absolute Gasteiger partial charge is 0.490 e. The molecule has 0 saturated carbocycles. The number of nitrogens with one attached hydrogen (secondary N) is 2. The Morgan fingerprint density at radius 2 is 1.88 bits per heavy atom. The number of amides is 1. The summed E-state index contributed by atoms with van der Waals surface area (Å²) in [6.45, 7) is 4.15. The number of pyridine rings is 1. The minimum Gasteiger partial charge on any atom is -0.486 e. The van der Waals surface area contributed by atoms with Gasteiger partial charge in [0.1, 0.15) is 12.7 Å².